The van der Waals surface area contributed by atoms with Crippen molar-refractivity contribution in [2.75, 3.05) is 19.8 Å². The number of carbonyl (C=O) groups excluding carboxylic acids is 1. The van der Waals surface area contributed by atoms with Gasteiger partial charge in [-0.3, -0.25) is 0 Å². The van der Waals surface area contributed by atoms with Crippen molar-refractivity contribution < 1.29 is 23.7 Å². The van der Waals surface area contributed by atoms with Crippen LogP contribution >= 0.6 is 0 Å². The lowest BCUT2D eigenvalue weighted by Gasteiger charge is -2.15. The molecule has 2 aromatic carbocycles. The van der Waals surface area contributed by atoms with E-state index in [4.69, 9.17) is 18.9 Å². The van der Waals surface area contributed by atoms with Crippen LogP contribution in [-0.4, -0.2) is 44.1 Å². The Morgan fingerprint density at radius 1 is 0.968 bits per heavy atom. The van der Waals surface area contributed by atoms with Crippen LogP contribution in [0, 0.1) is 12.8 Å². The number of aryl methyl sites for hydroxylation is 1. The fourth-order valence-electron chi connectivity index (χ4n) is 3.87. The van der Waals surface area contributed by atoms with Gasteiger partial charge in [0, 0.05) is 12.0 Å². The third-order valence-corrected chi connectivity index (χ3v) is 5.53. The molecule has 5 nitrogen and oxygen atoms in total. The van der Waals surface area contributed by atoms with Gasteiger partial charge in [-0.05, 0) is 43.2 Å². The highest BCUT2D eigenvalue weighted by Crippen LogP contribution is 2.34. The summed E-state index contributed by atoms with van der Waals surface area (Å²) in [5.74, 6) is 0.556. The van der Waals surface area contributed by atoms with Crippen LogP contribution in [0.2, 0.25) is 0 Å². The second kappa shape index (κ2) is 9.94. The van der Waals surface area contributed by atoms with Crippen LogP contribution in [0.5, 0.6) is 5.75 Å². The van der Waals surface area contributed by atoms with Gasteiger partial charge in [-0.2, -0.15) is 0 Å². The average molecular weight is 421 g/mol. The summed E-state index contributed by atoms with van der Waals surface area (Å²) in [5.41, 5.74) is 3.29. The van der Waals surface area contributed by atoms with Gasteiger partial charge in [0.1, 0.15) is 11.9 Å². The van der Waals surface area contributed by atoms with Gasteiger partial charge in [0.15, 0.2) is 6.10 Å². The van der Waals surface area contributed by atoms with Gasteiger partial charge < -0.3 is 18.9 Å². The first kappa shape index (κ1) is 21.3. The molecule has 0 spiro atoms. The van der Waals surface area contributed by atoms with E-state index in [-0.39, 0.29) is 24.2 Å². The molecule has 5 heteroatoms. The van der Waals surface area contributed by atoms with Crippen molar-refractivity contribution in [3.05, 3.63) is 77.4 Å². The van der Waals surface area contributed by atoms with E-state index in [0.29, 0.717) is 19.8 Å². The molecule has 0 radical (unpaired) electrons. The first-order valence-corrected chi connectivity index (χ1v) is 10.7. The smallest absolute Gasteiger partial charge is 0.331 e. The van der Waals surface area contributed by atoms with Crippen LogP contribution in [0.4, 0.5) is 0 Å². The fourth-order valence-corrected chi connectivity index (χ4v) is 3.87. The minimum atomic E-state index is -0.398. The maximum Gasteiger partial charge on any atom is 0.331 e. The van der Waals surface area contributed by atoms with Gasteiger partial charge in [0.2, 0.25) is 0 Å². The van der Waals surface area contributed by atoms with E-state index in [0.717, 1.165) is 16.9 Å². The van der Waals surface area contributed by atoms with Crippen LogP contribution < -0.4 is 4.74 Å². The number of rotatable bonds is 7. The van der Waals surface area contributed by atoms with Crippen molar-refractivity contribution in [2.24, 2.45) is 5.92 Å². The lowest BCUT2D eigenvalue weighted by atomic mass is 9.99. The lowest BCUT2D eigenvalue weighted by molar-refractivity contribution is -0.147. The topological polar surface area (TPSA) is 54.0 Å². The summed E-state index contributed by atoms with van der Waals surface area (Å²) in [6.45, 7) is 5.56. The molecule has 2 aliphatic rings. The SMILES string of the molecule is CCOc1ccc(/C=C/C(=O)O[C@@H]2CO[C@H]3[C@@H]2OC[C@@H]3C=Cc2ccc(C)cc2)cc1. The zero-order chi connectivity index (χ0) is 21.6. The largest absolute Gasteiger partial charge is 0.494 e. The van der Waals surface area contributed by atoms with Crippen molar-refractivity contribution >= 4 is 18.1 Å². The third-order valence-electron chi connectivity index (χ3n) is 5.53. The zero-order valence-electron chi connectivity index (χ0n) is 17.9. The first-order valence-electron chi connectivity index (χ1n) is 10.7. The highest BCUT2D eigenvalue weighted by Gasteiger charge is 2.48. The van der Waals surface area contributed by atoms with E-state index in [9.17, 15) is 4.79 Å². The Labute approximate surface area is 183 Å². The highest BCUT2D eigenvalue weighted by molar-refractivity contribution is 5.87. The van der Waals surface area contributed by atoms with Gasteiger partial charge in [0.25, 0.3) is 0 Å². The molecule has 0 aliphatic carbocycles. The maximum absolute atomic E-state index is 12.3. The Bertz CT molecular complexity index is 929. The molecule has 31 heavy (non-hydrogen) atoms. The number of ether oxygens (including phenoxy) is 4. The molecule has 162 valence electrons. The summed E-state index contributed by atoms with van der Waals surface area (Å²) in [5, 5.41) is 0. The Hall–Kier alpha value is -2.89. The van der Waals surface area contributed by atoms with E-state index in [1.165, 1.54) is 11.6 Å². The van der Waals surface area contributed by atoms with Gasteiger partial charge in [0.05, 0.1) is 25.9 Å². The van der Waals surface area contributed by atoms with Crippen molar-refractivity contribution in [1.29, 1.82) is 0 Å². The Kier molecular flexibility index (Phi) is 6.85. The van der Waals surface area contributed by atoms with Crippen LogP contribution in [0.1, 0.15) is 23.6 Å². The molecule has 0 amide bonds. The molecule has 2 saturated heterocycles. The maximum atomic E-state index is 12.3. The van der Waals surface area contributed by atoms with Gasteiger partial charge >= 0.3 is 5.97 Å². The number of esters is 1. The monoisotopic (exact) mass is 420 g/mol. The molecule has 0 bridgehead atoms. The molecule has 2 heterocycles. The summed E-state index contributed by atoms with van der Waals surface area (Å²) in [6.07, 6.45) is 6.69. The van der Waals surface area contributed by atoms with E-state index in [1.807, 2.05) is 31.2 Å². The lowest BCUT2D eigenvalue weighted by Crippen LogP contribution is -2.32. The summed E-state index contributed by atoms with van der Waals surface area (Å²) < 4.78 is 22.9. The molecule has 2 aromatic rings. The minimum Gasteiger partial charge on any atom is -0.494 e. The first-order chi connectivity index (χ1) is 15.1. The summed E-state index contributed by atoms with van der Waals surface area (Å²) >= 11 is 0. The van der Waals surface area contributed by atoms with E-state index >= 15 is 0 Å². The molecule has 2 fully saturated rings. The molecule has 4 atom stereocenters. The molecule has 2 aliphatic heterocycles. The van der Waals surface area contributed by atoms with Crippen molar-refractivity contribution in [3.63, 3.8) is 0 Å². The van der Waals surface area contributed by atoms with Crippen molar-refractivity contribution in [3.8, 4) is 5.75 Å². The second-order valence-electron chi connectivity index (χ2n) is 7.84. The van der Waals surface area contributed by atoms with Crippen LogP contribution in [0.25, 0.3) is 12.2 Å². The van der Waals surface area contributed by atoms with Gasteiger partial charge in [-0.15, -0.1) is 0 Å². The number of hydrogen-bond acceptors (Lipinski definition) is 5. The summed E-state index contributed by atoms with van der Waals surface area (Å²) in [7, 11) is 0. The number of hydrogen-bond donors (Lipinski definition) is 0. The minimum absolute atomic E-state index is 0.0883. The van der Waals surface area contributed by atoms with Crippen LogP contribution in [0.15, 0.2) is 60.7 Å². The van der Waals surface area contributed by atoms with E-state index < -0.39 is 5.97 Å². The zero-order valence-corrected chi connectivity index (χ0v) is 17.9. The fraction of sp³-hybridized carbons (Fsp3) is 0.346. The number of fused-ring (bicyclic) bond motifs is 1. The Morgan fingerprint density at radius 2 is 1.65 bits per heavy atom. The molecule has 0 N–H and O–H groups in total. The van der Waals surface area contributed by atoms with E-state index in [1.54, 1.807) is 6.08 Å². The molecular weight excluding hydrogens is 392 g/mol. The van der Waals surface area contributed by atoms with Gasteiger partial charge in [-0.25, -0.2) is 4.79 Å². The molecule has 4 rings (SSSR count). The van der Waals surface area contributed by atoms with Crippen molar-refractivity contribution in [1.82, 2.24) is 0 Å². The standard InChI is InChI=1S/C26H28O5/c1-3-28-22-13-9-20(10-14-22)11-15-24(27)31-23-17-30-25-21(16-29-26(23)25)12-8-19-6-4-18(2)5-7-19/h4-15,21,23,25-26H,3,16-17H2,1-2H3/b12-8?,15-11+/t21-,23+,25+,26+/m0/s1. The number of benzene rings is 2. The van der Waals surface area contributed by atoms with Crippen LogP contribution in [0.3, 0.4) is 0 Å². The normalized spacial score (nSPS) is 25.2. The third kappa shape index (κ3) is 5.43. The predicted molar refractivity (Wildman–Crippen MR) is 120 cm³/mol. The molecule has 0 saturated carbocycles. The molecule has 0 unspecified atom stereocenters. The average Bonchev–Trinajstić information content (AvgIpc) is 3.36. The predicted octanol–water partition coefficient (Wildman–Crippen LogP) is 4.45. The van der Waals surface area contributed by atoms with Crippen molar-refractivity contribution in [2.45, 2.75) is 32.2 Å². The van der Waals surface area contributed by atoms with Gasteiger partial charge in [-0.1, -0.05) is 54.1 Å². The quantitative estimate of drug-likeness (QED) is 0.489. The highest BCUT2D eigenvalue weighted by atomic mass is 16.6. The Morgan fingerprint density at radius 3 is 2.39 bits per heavy atom. The van der Waals surface area contributed by atoms with E-state index in [2.05, 4.69) is 43.3 Å². The Balaban J connectivity index is 1.29. The molecule has 0 aromatic heterocycles. The number of carbonyl (C=O) groups is 1. The van der Waals surface area contributed by atoms with Crippen LogP contribution in [-0.2, 0) is 19.0 Å². The summed E-state index contributed by atoms with van der Waals surface area (Å²) in [6, 6.07) is 15.9. The molecular formula is C26H28O5. The second-order valence-corrected chi connectivity index (χ2v) is 7.84. The summed E-state index contributed by atoms with van der Waals surface area (Å²) in [4.78, 5) is 12.3.